The molecular formula is C12H15N5. The van der Waals surface area contributed by atoms with Crippen LogP contribution in [0.5, 0.6) is 0 Å². The second-order valence-corrected chi connectivity index (χ2v) is 3.95. The molecule has 5 nitrogen and oxygen atoms in total. The zero-order valence-electron chi connectivity index (χ0n) is 9.88. The van der Waals surface area contributed by atoms with Gasteiger partial charge in [0.05, 0.1) is 0 Å². The van der Waals surface area contributed by atoms with Crippen LogP contribution < -0.4 is 10.6 Å². The van der Waals surface area contributed by atoms with Crippen molar-refractivity contribution in [1.82, 2.24) is 15.0 Å². The lowest BCUT2D eigenvalue weighted by atomic mass is 10.3. The first-order valence-corrected chi connectivity index (χ1v) is 5.49. The Bertz CT molecular complexity index is 469. The van der Waals surface area contributed by atoms with Crippen LogP contribution in [0.2, 0.25) is 0 Å². The van der Waals surface area contributed by atoms with E-state index in [1.54, 1.807) is 12.4 Å². The first-order valence-electron chi connectivity index (χ1n) is 5.49. The molecule has 2 aromatic heterocycles. The van der Waals surface area contributed by atoms with E-state index in [1.165, 1.54) is 6.33 Å². The summed E-state index contributed by atoms with van der Waals surface area (Å²) >= 11 is 0. The van der Waals surface area contributed by atoms with Gasteiger partial charge in [0.2, 0.25) is 0 Å². The highest BCUT2D eigenvalue weighted by molar-refractivity contribution is 5.58. The Morgan fingerprint density at radius 1 is 1.06 bits per heavy atom. The van der Waals surface area contributed by atoms with Crippen LogP contribution in [-0.4, -0.2) is 21.0 Å². The zero-order chi connectivity index (χ0) is 12.1. The average molecular weight is 229 g/mol. The molecule has 2 aromatic rings. The second-order valence-electron chi connectivity index (χ2n) is 3.95. The number of nitrogens with zero attached hydrogens (tertiary/aromatic N) is 3. The molecule has 0 bridgehead atoms. The summed E-state index contributed by atoms with van der Waals surface area (Å²) in [5, 5.41) is 6.41. The largest absolute Gasteiger partial charge is 0.368 e. The average Bonchev–Trinajstić information content (AvgIpc) is 2.30. The molecule has 0 spiro atoms. The summed E-state index contributed by atoms with van der Waals surface area (Å²) in [6, 6.07) is 5.99. The zero-order valence-corrected chi connectivity index (χ0v) is 9.88. The van der Waals surface area contributed by atoms with E-state index in [0.717, 1.165) is 17.3 Å². The summed E-state index contributed by atoms with van der Waals surface area (Å²) in [4.78, 5) is 12.3. The fourth-order valence-corrected chi connectivity index (χ4v) is 1.38. The van der Waals surface area contributed by atoms with Crippen molar-refractivity contribution < 1.29 is 0 Å². The standard InChI is InChI=1S/C12H15N5/c1-9(2)16-11-7-12(15-8-14-11)17-10-3-5-13-6-4-10/h3-9H,1-2H3,(H2,13,14,15,16,17). The molecule has 0 aliphatic carbocycles. The molecule has 0 aliphatic heterocycles. The van der Waals surface area contributed by atoms with Gasteiger partial charge in [0, 0.05) is 30.2 Å². The molecule has 0 atom stereocenters. The van der Waals surface area contributed by atoms with Crippen LogP contribution in [0.1, 0.15) is 13.8 Å². The van der Waals surface area contributed by atoms with Crippen LogP contribution in [-0.2, 0) is 0 Å². The number of pyridine rings is 1. The summed E-state index contributed by atoms with van der Waals surface area (Å²) in [6.45, 7) is 4.14. The molecule has 2 N–H and O–H groups in total. The van der Waals surface area contributed by atoms with Gasteiger partial charge in [-0.05, 0) is 26.0 Å². The van der Waals surface area contributed by atoms with E-state index in [0.29, 0.717) is 6.04 Å². The van der Waals surface area contributed by atoms with Crippen molar-refractivity contribution in [3.63, 3.8) is 0 Å². The lowest BCUT2D eigenvalue weighted by molar-refractivity contribution is 0.886. The third-order valence-corrected chi connectivity index (χ3v) is 2.06. The van der Waals surface area contributed by atoms with Crippen LogP contribution >= 0.6 is 0 Å². The topological polar surface area (TPSA) is 62.7 Å². The Labute approximate surface area is 100 Å². The molecule has 0 aliphatic rings. The van der Waals surface area contributed by atoms with Gasteiger partial charge < -0.3 is 10.6 Å². The highest BCUT2D eigenvalue weighted by Crippen LogP contribution is 2.15. The van der Waals surface area contributed by atoms with Crippen molar-refractivity contribution in [3.8, 4) is 0 Å². The van der Waals surface area contributed by atoms with Gasteiger partial charge in [-0.25, -0.2) is 9.97 Å². The highest BCUT2D eigenvalue weighted by Gasteiger charge is 2.00. The number of hydrogen-bond donors (Lipinski definition) is 2. The Balaban J connectivity index is 2.11. The summed E-state index contributed by atoms with van der Waals surface area (Å²) in [7, 11) is 0. The fourth-order valence-electron chi connectivity index (χ4n) is 1.38. The Morgan fingerprint density at radius 2 is 1.76 bits per heavy atom. The number of nitrogens with one attached hydrogen (secondary N) is 2. The molecule has 2 heterocycles. The molecule has 2 rings (SSSR count). The maximum atomic E-state index is 4.16. The highest BCUT2D eigenvalue weighted by atomic mass is 15.1. The molecule has 0 aromatic carbocycles. The summed E-state index contributed by atoms with van der Waals surface area (Å²) in [5.41, 5.74) is 0.953. The Hall–Kier alpha value is -2.17. The minimum Gasteiger partial charge on any atom is -0.368 e. The van der Waals surface area contributed by atoms with E-state index in [9.17, 15) is 0 Å². The van der Waals surface area contributed by atoms with Crippen LogP contribution in [0.3, 0.4) is 0 Å². The third-order valence-electron chi connectivity index (χ3n) is 2.06. The minimum absolute atomic E-state index is 0.346. The maximum Gasteiger partial charge on any atom is 0.135 e. The van der Waals surface area contributed by atoms with Crippen molar-refractivity contribution in [2.24, 2.45) is 0 Å². The van der Waals surface area contributed by atoms with Crippen molar-refractivity contribution in [1.29, 1.82) is 0 Å². The quantitative estimate of drug-likeness (QED) is 0.843. The van der Waals surface area contributed by atoms with Gasteiger partial charge in [-0.15, -0.1) is 0 Å². The molecular weight excluding hydrogens is 214 g/mol. The van der Waals surface area contributed by atoms with E-state index in [-0.39, 0.29) is 0 Å². The molecule has 0 fully saturated rings. The smallest absolute Gasteiger partial charge is 0.135 e. The summed E-state index contributed by atoms with van der Waals surface area (Å²) in [5.74, 6) is 1.57. The SMILES string of the molecule is CC(C)Nc1cc(Nc2ccncc2)ncn1. The van der Waals surface area contributed by atoms with E-state index in [2.05, 4.69) is 39.4 Å². The van der Waals surface area contributed by atoms with E-state index >= 15 is 0 Å². The number of rotatable bonds is 4. The lowest BCUT2D eigenvalue weighted by Gasteiger charge is -2.10. The number of anilines is 3. The van der Waals surface area contributed by atoms with E-state index < -0.39 is 0 Å². The minimum atomic E-state index is 0.346. The van der Waals surface area contributed by atoms with Crippen molar-refractivity contribution >= 4 is 17.3 Å². The van der Waals surface area contributed by atoms with Crippen LogP contribution in [0.4, 0.5) is 17.3 Å². The molecule has 88 valence electrons. The monoisotopic (exact) mass is 229 g/mol. The van der Waals surface area contributed by atoms with Crippen molar-refractivity contribution in [3.05, 3.63) is 36.9 Å². The Kier molecular flexibility index (Phi) is 3.49. The predicted octanol–water partition coefficient (Wildman–Crippen LogP) is 2.44. The number of aromatic nitrogens is 3. The first kappa shape index (κ1) is 11.3. The van der Waals surface area contributed by atoms with Gasteiger partial charge in [-0.1, -0.05) is 0 Å². The maximum absolute atomic E-state index is 4.16. The second kappa shape index (κ2) is 5.25. The normalized spacial score (nSPS) is 10.3. The summed E-state index contributed by atoms with van der Waals surface area (Å²) < 4.78 is 0. The van der Waals surface area contributed by atoms with E-state index in [4.69, 9.17) is 0 Å². The molecule has 0 saturated carbocycles. The van der Waals surface area contributed by atoms with Crippen LogP contribution in [0.15, 0.2) is 36.9 Å². The molecule has 17 heavy (non-hydrogen) atoms. The van der Waals surface area contributed by atoms with Crippen molar-refractivity contribution in [2.75, 3.05) is 10.6 Å². The van der Waals surface area contributed by atoms with Crippen LogP contribution in [0, 0.1) is 0 Å². The Morgan fingerprint density at radius 3 is 2.47 bits per heavy atom. The van der Waals surface area contributed by atoms with Crippen molar-refractivity contribution in [2.45, 2.75) is 19.9 Å². The third kappa shape index (κ3) is 3.41. The molecule has 0 amide bonds. The van der Waals surface area contributed by atoms with Gasteiger partial charge in [0.15, 0.2) is 0 Å². The van der Waals surface area contributed by atoms with Gasteiger partial charge >= 0.3 is 0 Å². The molecule has 0 radical (unpaired) electrons. The predicted molar refractivity (Wildman–Crippen MR) is 68.3 cm³/mol. The van der Waals surface area contributed by atoms with E-state index in [1.807, 2.05) is 18.2 Å². The lowest BCUT2D eigenvalue weighted by Crippen LogP contribution is -2.11. The molecule has 5 heteroatoms. The first-order chi connectivity index (χ1) is 8.24. The van der Waals surface area contributed by atoms with Crippen LogP contribution in [0.25, 0.3) is 0 Å². The molecule has 0 unspecified atom stereocenters. The number of hydrogen-bond acceptors (Lipinski definition) is 5. The van der Waals surface area contributed by atoms with Gasteiger partial charge in [0.25, 0.3) is 0 Å². The fraction of sp³-hybridized carbons (Fsp3) is 0.250. The van der Waals surface area contributed by atoms with Gasteiger partial charge in [0.1, 0.15) is 18.0 Å². The molecule has 0 saturated heterocycles. The summed E-state index contributed by atoms with van der Waals surface area (Å²) in [6.07, 6.45) is 5.00. The van der Waals surface area contributed by atoms with Gasteiger partial charge in [-0.3, -0.25) is 4.98 Å². The van der Waals surface area contributed by atoms with Gasteiger partial charge in [-0.2, -0.15) is 0 Å².